The van der Waals surface area contributed by atoms with Crippen LogP contribution in [0.25, 0.3) is 6.08 Å². The zero-order valence-corrected chi connectivity index (χ0v) is 11.4. The smallest absolute Gasteiger partial charge is 0.192 e. The van der Waals surface area contributed by atoms with E-state index in [4.69, 9.17) is 4.74 Å². The molecule has 0 saturated heterocycles. The normalized spacial score (nSPS) is 16.4. The van der Waals surface area contributed by atoms with Crippen molar-refractivity contribution in [3.8, 4) is 5.75 Å². The molecule has 0 radical (unpaired) electrons. The predicted octanol–water partition coefficient (Wildman–Crippen LogP) is 4.04. The molecule has 1 heterocycles. The third-order valence-corrected chi connectivity index (χ3v) is 3.51. The van der Waals surface area contributed by atoms with Crippen LogP contribution in [0.1, 0.15) is 27.9 Å². The molecule has 0 aromatic heterocycles. The van der Waals surface area contributed by atoms with Crippen LogP contribution in [-0.2, 0) is 0 Å². The maximum atomic E-state index is 12.6. The first-order valence-corrected chi connectivity index (χ1v) is 6.78. The number of hydrogen-bond donors (Lipinski definition) is 0. The SMILES string of the molecule is Cc1cccc2c1OCC/C(=C/c1ccccc1)C2=O. The molecule has 20 heavy (non-hydrogen) atoms. The lowest BCUT2D eigenvalue weighted by molar-refractivity contribution is 0.103. The first-order chi connectivity index (χ1) is 9.75. The van der Waals surface area contributed by atoms with Crippen molar-refractivity contribution in [3.63, 3.8) is 0 Å². The summed E-state index contributed by atoms with van der Waals surface area (Å²) in [5.74, 6) is 0.805. The lowest BCUT2D eigenvalue weighted by Gasteiger charge is -2.08. The average molecular weight is 264 g/mol. The third-order valence-electron chi connectivity index (χ3n) is 3.51. The molecule has 2 nitrogen and oxygen atoms in total. The molecule has 2 heteroatoms. The number of carbonyl (C=O) groups excluding carboxylic acids is 1. The molecular formula is C18H16O2. The molecule has 0 saturated carbocycles. The molecule has 1 aliphatic rings. The number of rotatable bonds is 1. The van der Waals surface area contributed by atoms with Crippen molar-refractivity contribution in [2.75, 3.05) is 6.61 Å². The summed E-state index contributed by atoms with van der Waals surface area (Å²) in [5.41, 5.74) is 3.54. The Morgan fingerprint density at radius 1 is 1.05 bits per heavy atom. The van der Waals surface area contributed by atoms with Crippen molar-refractivity contribution in [2.45, 2.75) is 13.3 Å². The lowest BCUT2D eigenvalue weighted by atomic mass is 9.98. The van der Waals surface area contributed by atoms with Gasteiger partial charge in [0.05, 0.1) is 12.2 Å². The number of Topliss-reactive ketones (excluding diaryl/α,β-unsaturated/α-hetero) is 1. The molecule has 0 bridgehead atoms. The minimum Gasteiger partial charge on any atom is -0.492 e. The maximum Gasteiger partial charge on any atom is 0.192 e. The fourth-order valence-electron chi connectivity index (χ4n) is 2.46. The molecule has 1 aliphatic heterocycles. The molecule has 3 rings (SSSR count). The Morgan fingerprint density at radius 2 is 1.85 bits per heavy atom. The van der Waals surface area contributed by atoms with Crippen LogP contribution >= 0.6 is 0 Å². The van der Waals surface area contributed by atoms with Crippen LogP contribution in [0, 0.1) is 6.92 Å². The van der Waals surface area contributed by atoms with E-state index in [0.717, 1.165) is 22.4 Å². The Balaban J connectivity index is 2.04. The second kappa shape index (κ2) is 5.33. The largest absolute Gasteiger partial charge is 0.492 e. The molecule has 0 atom stereocenters. The fraction of sp³-hybridized carbons (Fsp3) is 0.167. The van der Waals surface area contributed by atoms with Crippen LogP contribution in [0.2, 0.25) is 0 Å². The van der Waals surface area contributed by atoms with Crippen LogP contribution in [0.5, 0.6) is 5.75 Å². The van der Waals surface area contributed by atoms with Crippen LogP contribution in [0.15, 0.2) is 54.1 Å². The zero-order chi connectivity index (χ0) is 13.9. The molecular weight excluding hydrogens is 248 g/mol. The number of benzene rings is 2. The summed E-state index contributed by atoms with van der Waals surface area (Å²) in [6.07, 6.45) is 2.60. The van der Waals surface area contributed by atoms with Crippen LogP contribution in [0.3, 0.4) is 0 Å². The number of aryl methyl sites for hydroxylation is 1. The van der Waals surface area contributed by atoms with E-state index < -0.39 is 0 Å². The van der Waals surface area contributed by atoms with E-state index in [1.165, 1.54) is 0 Å². The van der Waals surface area contributed by atoms with Crippen LogP contribution in [0.4, 0.5) is 0 Å². The highest BCUT2D eigenvalue weighted by molar-refractivity contribution is 6.13. The van der Waals surface area contributed by atoms with E-state index in [2.05, 4.69) is 0 Å². The average Bonchev–Trinajstić information content (AvgIpc) is 2.62. The van der Waals surface area contributed by atoms with E-state index in [9.17, 15) is 4.79 Å². The number of ether oxygens (including phenoxy) is 1. The quantitative estimate of drug-likeness (QED) is 0.726. The topological polar surface area (TPSA) is 26.3 Å². The molecule has 0 aliphatic carbocycles. The van der Waals surface area contributed by atoms with Gasteiger partial charge in [0, 0.05) is 12.0 Å². The van der Waals surface area contributed by atoms with Crippen molar-refractivity contribution in [3.05, 3.63) is 70.8 Å². The highest BCUT2D eigenvalue weighted by Gasteiger charge is 2.22. The monoisotopic (exact) mass is 264 g/mol. The summed E-state index contributed by atoms with van der Waals surface area (Å²) < 4.78 is 5.76. The van der Waals surface area contributed by atoms with Gasteiger partial charge < -0.3 is 4.74 Å². The van der Waals surface area contributed by atoms with Gasteiger partial charge in [0.25, 0.3) is 0 Å². The van der Waals surface area contributed by atoms with Gasteiger partial charge in [-0.3, -0.25) is 4.79 Å². The van der Waals surface area contributed by atoms with Crippen molar-refractivity contribution in [1.29, 1.82) is 0 Å². The standard InChI is InChI=1S/C18H16O2/c1-13-6-5-9-16-17(19)15(10-11-20-18(13)16)12-14-7-3-2-4-8-14/h2-9,12H,10-11H2,1H3/b15-12-. The van der Waals surface area contributed by atoms with Gasteiger partial charge in [-0.1, -0.05) is 42.5 Å². The highest BCUT2D eigenvalue weighted by atomic mass is 16.5. The van der Waals surface area contributed by atoms with Gasteiger partial charge in [-0.25, -0.2) is 0 Å². The molecule has 0 amide bonds. The van der Waals surface area contributed by atoms with Gasteiger partial charge in [-0.05, 0) is 30.2 Å². The summed E-state index contributed by atoms with van der Waals surface area (Å²) in [5, 5.41) is 0. The van der Waals surface area contributed by atoms with Gasteiger partial charge in [0.2, 0.25) is 0 Å². The molecule has 2 aromatic rings. The first-order valence-electron chi connectivity index (χ1n) is 6.78. The third kappa shape index (κ3) is 2.37. The van der Waals surface area contributed by atoms with Gasteiger partial charge in [-0.2, -0.15) is 0 Å². The number of carbonyl (C=O) groups is 1. The lowest BCUT2D eigenvalue weighted by Crippen LogP contribution is -2.02. The van der Waals surface area contributed by atoms with E-state index in [1.807, 2.05) is 61.5 Å². The van der Waals surface area contributed by atoms with E-state index >= 15 is 0 Å². The minimum atomic E-state index is 0.0741. The van der Waals surface area contributed by atoms with Gasteiger partial charge >= 0.3 is 0 Å². The Kier molecular flexibility index (Phi) is 3.38. The second-order valence-corrected chi connectivity index (χ2v) is 4.96. The molecule has 2 aromatic carbocycles. The Hall–Kier alpha value is -2.35. The minimum absolute atomic E-state index is 0.0741. The number of hydrogen-bond acceptors (Lipinski definition) is 2. The predicted molar refractivity (Wildman–Crippen MR) is 80.0 cm³/mol. The Morgan fingerprint density at radius 3 is 2.65 bits per heavy atom. The van der Waals surface area contributed by atoms with E-state index in [-0.39, 0.29) is 5.78 Å². The Bertz CT molecular complexity index is 669. The molecule has 0 N–H and O–H groups in total. The summed E-state index contributed by atoms with van der Waals surface area (Å²) in [4.78, 5) is 12.6. The fourth-order valence-corrected chi connectivity index (χ4v) is 2.46. The van der Waals surface area contributed by atoms with Gasteiger partial charge in [0.15, 0.2) is 5.78 Å². The summed E-state index contributed by atoms with van der Waals surface area (Å²) in [6.45, 7) is 2.51. The van der Waals surface area contributed by atoms with Crippen molar-refractivity contribution >= 4 is 11.9 Å². The molecule has 0 fully saturated rings. The second-order valence-electron chi connectivity index (χ2n) is 4.96. The number of ketones is 1. The highest BCUT2D eigenvalue weighted by Crippen LogP contribution is 2.30. The van der Waals surface area contributed by atoms with Crippen LogP contribution in [-0.4, -0.2) is 12.4 Å². The van der Waals surface area contributed by atoms with E-state index in [1.54, 1.807) is 0 Å². The van der Waals surface area contributed by atoms with Gasteiger partial charge in [0.1, 0.15) is 5.75 Å². The number of fused-ring (bicyclic) bond motifs is 1. The Labute approximate surface area is 118 Å². The van der Waals surface area contributed by atoms with E-state index in [0.29, 0.717) is 18.6 Å². The number of para-hydroxylation sites is 1. The van der Waals surface area contributed by atoms with Gasteiger partial charge in [-0.15, -0.1) is 0 Å². The maximum absolute atomic E-state index is 12.6. The van der Waals surface area contributed by atoms with Crippen LogP contribution < -0.4 is 4.74 Å². The summed E-state index contributed by atoms with van der Waals surface area (Å²) in [6, 6.07) is 15.6. The molecule has 100 valence electrons. The van der Waals surface area contributed by atoms with Crippen molar-refractivity contribution < 1.29 is 9.53 Å². The zero-order valence-electron chi connectivity index (χ0n) is 11.4. The van der Waals surface area contributed by atoms with Crippen molar-refractivity contribution in [1.82, 2.24) is 0 Å². The van der Waals surface area contributed by atoms with Crippen molar-refractivity contribution in [2.24, 2.45) is 0 Å². The summed E-state index contributed by atoms with van der Waals surface area (Å²) >= 11 is 0. The molecule has 0 spiro atoms. The summed E-state index contributed by atoms with van der Waals surface area (Å²) in [7, 11) is 0. The first kappa shape index (κ1) is 12.7. The molecule has 0 unspecified atom stereocenters.